The summed E-state index contributed by atoms with van der Waals surface area (Å²) in [6.07, 6.45) is 1.41. The Balaban J connectivity index is 1.65. The maximum Gasteiger partial charge on any atom is 0.275 e. The van der Waals surface area contributed by atoms with E-state index in [0.29, 0.717) is 21.9 Å². The van der Waals surface area contributed by atoms with Gasteiger partial charge < -0.3 is 14.6 Å². The Morgan fingerprint density at radius 1 is 1.00 bits per heavy atom. The first kappa shape index (κ1) is 20.1. The molecule has 0 aromatic heterocycles. The molecule has 3 aromatic rings. The van der Waals surface area contributed by atoms with E-state index in [0.717, 1.165) is 5.56 Å². The predicted octanol–water partition coefficient (Wildman–Crippen LogP) is 3.05. The van der Waals surface area contributed by atoms with E-state index >= 15 is 0 Å². The largest absolute Gasteiger partial charge is 0.545 e. The van der Waals surface area contributed by atoms with Gasteiger partial charge in [0, 0.05) is 10.6 Å². The standard InChI is InChI=1S/C22H17ClN2O4/c23-19-7-3-1-5-17(19)14-29-20-8-4-2-6-18(20)21(26)25-24-13-15-9-11-16(12-10-15)22(27)28/h1-13H,14H2,(H,25,26)(H,27,28)/p-1/b24-13-. The number of hydrogen-bond acceptors (Lipinski definition) is 5. The third-order valence-electron chi connectivity index (χ3n) is 4.00. The number of ether oxygens (including phenoxy) is 1. The van der Waals surface area contributed by atoms with E-state index in [-0.39, 0.29) is 12.2 Å². The summed E-state index contributed by atoms with van der Waals surface area (Å²) >= 11 is 6.13. The molecule has 29 heavy (non-hydrogen) atoms. The number of para-hydroxylation sites is 1. The summed E-state index contributed by atoms with van der Waals surface area (Å²) < 4.78 is 5.77. The van der Waals surface area contributed by atoms with E-state index in [1.165, 1.54) is 18.3 Å². The molecule has 0 aliphatic heterocycles. The molecule has 0 unspecified atom stereocenters. The molecule has 1 amide bonds. The predicted molar refractivity (Wildman–Crippen MR) is 108 cm³/mol. The summed E-state index contributed by atoms with van der Waals surface area (Å²) in [7, 11) is 0. The van der Waals surface area contributed by atoms with Crippen molar-refractivity contribution in [2.24, 2.45) is 5.10 Å². The molecule has 0 aliphatic carbocycles. The van der Waals surface area contributed by atoms with Crippen LogP contribution in [0.25, 0.3) is 0 Å². The van der Waals surface area contributed by atoms with Gasteiger partial charge in [-0.05, 0) is 29.3 Å². The van der Waals surface area contributed by atoms with Crippen LogP contribution in [0.2, 0.25) is 5.02 Å². The number of nitrogens with one attached hydrogen (secondary N) is 1. The molecule has 0 saturated carbocycles. The number of aromatic carboxylic acids is 1. The van der Waals surface area contributed by atoms with Gasteiger partial charge in [0.1, 0.15) is 12.4 Å². The molecule has 0 bridgehead atoms. The summed E-state index contributed by atoms with van der Waals surface area (Å²) in [5, 5.41) is 15.2. The zero-order valence-electron chi connectivity index (χ0n) is 15.2. The van der Waals surface area contributed by atoms with Gasteiger partial charge in [0.15, 0.2) is 0 Å². The Morgan fingerprint density at radius 2 is 1.69 bits per heavy atom. The molecule has 7 heteroatoms. The fourth-order valence-corrected chi connectivity index (χ4v) is 2.67. The number of carboxylic acids is 1. The maximum absolute atomic E-state index is 12.5. The van der Waals surface area contributed by atoms with Crippen molar-refractivity contribution in [2.75, 3.05) is 0 Å². The minimum atomic E-state index is -1.25. The number of carboxylic acid groups (broad SMARTS) is 1. The minimum Gasteiger partial charge on any atom is -0.545 e. The Labute approximate surface area is 172 Å². The Bertz CT molecular complexity index is 1050. The van der Waals surface area contributed by atoms with Gasteiger partial charge in [-0.2, -0.15) is 5.10 Å². The van der Waals surface area contributed by atoms with E-state index in [9.17, 15) is 14.7 Å². The van der Waals surface area contributed by atoms with Gasteiger partial charge >= 0.3 is 0 Å². The Morgan fingerprint density at radius 3 is 2.41 bits per heavy atom. The van der Waals surface area contributed by atoms with Crippen LogP contribution in [-0.2, 0) is 6.61 Å². The average Bonchev–Trinajstić information content (AvgIpc) is 2.73. The number of hydrogen-bond donors (Lipinski definition) is 1. The van der Waals surface area contributed by atoms with Crippen molar-refractivity contribution in [1.82, 2.24) is 5.43 Å². The zero-order chi connectivity index (χ0) is 20.6. The van der Waals surface area contributed by atoms with Gasteiger partial charge in [0.05, 0.1) is 17.7 Å². The van der Waals surface area contributed by atoms with Crippen molar-refractivity contribution in [3.8, 4) is 5.75 Å². The molecule has 0 atom stereocenters. The van der Waals surface area contributed by atoms with Crippen molar-refractivity contribution in [1.29, 1.82) is 0 Å². The molecule has 6 nitrogen and oxygen atoms in total. The van der Waals surface area contributed by atoms with Crippen LogP contribution in [0.15, 0.2) is 77.9 Å². The van der Waals surface area contributed by atoms with Crippen molar-refractivity contribution < 1.29 is 19.4 Å². The van der Waals surface area contributed by atoms with E-state index in [1.807, 2.05) is 18.2 Å². The Hall–Kier alpha value is -3.64. The van der Waals surface area contributed by atoms with Crippen molar-refractivity contribution >= 4 is 29.7 Å². The summed E-state index contributed by atoms with van der Waals surface area (Å²) in [6.45, 7) is 0.220. The molecule has 0 saturated heterocycles. The lowest BCUT2D eigenvalue weighted by atomic mass is 10.1. The van der Waals surface area contributed by atoms with Crippen molar-refractivity contribution in [3.63, 3.8) is 0 Å². The number of benzene rings is 3. The summed E-state index contributed by atoms with van der Waals surface area (Å²) in [4.78, 5) is 23.2. The van der Waals surface area contributed by atoms with Crippen LogP contribution in [0.5, 0.6) is 5.75 Å². The number of amides is 1. The van der Waals surface area contributed by atoms with Crippen LogP contribution >= 0.6 is 11.6 Å². The quantitative estimate of drug-likeness (QED) is 0.481. The zero-order valence-corrected chi connectivity index (χ0v) is 15.9. The molecule has 0 heterocycles. The highest BCUT2D eigenvalue weighted by Gasteiger charge is 2.12. The van der Waals surface area contributed by atoms with Gasteiger partial charge in [0.2, 0.25) is 0 Å². The molecule has 0 fully saturated rings. The highest BCUT2D eigenvalue weighted by atomic mass is 35.5. The molecule has 0 aliphatic rings. The molecular weight excluding hydrogens is 392 g/mol. The minimum absolute atomic E-state index is 0.0655. The Kier molecular flexibility index (Phi) is 6.60. The van der Waals surface area contributed by atoms with Gasteiger partial charge in [0.25, 0.3) is 5.91 Å². The van der Waals surface area contributed by atoms with Crippen LogP contribution in [0.4, 0.5) is 0 Å². The highest BCUT2D eigenvalue weighted by Crippen LogP contribution is 2.22. The fraction of sp³-hybridized carbons (Fsp3) is 0.0455. The number of carbonyl (C=O) groups is 2. The summed E-state index contributed by atoms with van der Waals surface area (Å²) in [5.74, 6) is -1.30. The third kappa shape index (κ3) is 5.43. The number of halogens is 1. The van der Waals surface area contributed by atoms with E-state index in [4.69, 9.17) is 16.3 Å². The highest BCUT2D eigenvalue weighted by molar-refractivity contribution is 6.31. The number of carbonyl (C=O) groups excluding carboxylic acids is 2. The smallest absolute Gasteiger partial charge is 0.275 e. The molecule has 3 aromatic carbocycles. The van der Waals surface area contributed by atoms with Gasteiger partial charge in [-0.1, -0.05) is 66.2 Å². The van der Waals surface area contributed by atoms with Gasteiger partial charge in [-0.25, -0.2) is 5.43 Å². The van der Waals surface area contributed by atoms with E-state index < -0.39 is 11.9 Å². The second-order valence-electron chi connectivity index (χ2n) is 5.98. The summed E-state index contributed by atoms with van der Waals surface area (Å²) in [6, 6.07) is 20.0. The second kappa shape index (κ2) is 9.52. The van der Waals surface area contributed by atoms with Crippen molar-refractivity contribution in [3.05, 3.63) is 100 Å². The van der Waals surface area contributed by atoms with Crippen molar-refractivity contribution in [2.45, 2.75) is 6.61 Å². The lowest BCUT2D eigenvalue weighted by Gasteiger charge is -2.11. The topological polar surface area (TPSA) is 90.8 Å². The maximum atomic E-state index is 12.5. The van der Waals surface area contributed by atoms with Crippen LogP contribution in [0.1, 0.15) is 31.8 Å². The van der Waals surface area contributed by atoms with E-state index in [2.05, 4.69) is 10.5 Å². The normalized spacial score (nSPS) is 10.7. The number of rotatable bonds is 7. The third-order valence-corrected chi connectivity index (χ3v) is 4.37. The van der Waals surface area contributed by atoms with Gasteiger partial charge in [-0.3, -0.25) is 4.79 Å². The molecule has 0 spiro atoms. The van der Waals surface area contributed by atoms with Crippen LogP contribution in [0.3, 0.4) is 0 Å². The number of hydrazone groups is 1. The second-order valence-corrected chi connectivity index (χ2v) is 6.39. The average molecular weight is 408 g/mol. The van der Waals surface area contributed by atoms with Gasteiger partial charge in [-0.15, -0.1) is 0 Å². The molecular formula is C22H16ClN2O4-. The molecule has 146 valence electrons. The fourth-order valence-electron chi connectivity index (χ4n) is 2.48. The SMILES string of the molecule is O=C([O-])c1ccc(/C=N\NC(=O)c2ccccc2OCc2ccccc2Cl)cc1. The first-order chi connectivity index (χ1) is 14.0. The van der Waals surface area contributed by atoms with Crippen LogP contribution in [0, 0.1) is 0 Å². The molecule has 3 rings (SSSR count). The summed E-state index contributed by atoms with van der Waals surface area (Å²) in [5.41, 5.74) is 4.25. The lowest BCUT2D eigenvalue weighted by molar-refractivity contribution is -0.255. The molecule has 1 N–H and O–H groups in total. The number of nitrogens with zero attached hydrogens (tertiary/aromatic N) is 1. The first-order valence-electron chi connectivity index (χ1n) is 8.64. The monoisotopic (exact) mass is 407 g/mol. The van der Waals surface area contributed by atoms with Crippen LogP contribution in [-0.4, -0.2) is 18.1 Å². The molecule has 0 radical (unpaired) electrons. The first-order valence-corrected chi connectivity index (χ1v) is 9.02. The lowest BCUT2D eigenvalue weighted by Crippen LogP contribution is -2.22. The van der Waals surface area contributed by atoms with E-state index in [1.54, 1.807) is 42.5 Å². The van der Waals surface area contributed by atoms with Crippen LogP contribution < -0.4 is 15.3 Å².